The lowest BCUT2D eigenvalue weighted by Crippen LogP contribution is -2.36. The van der Waals surface area contributed by atoms with Gasteiger partial charge in [0.15, 0.2) is 0 Å². The number of nitrogens with zero attached hydrogens (tertiary/aromatic N) is 2. The Bertz CT molecular complexity index is 936. The predicted molar refractivity (Wildman–Crippen MR) is 104 cm³/mol. The summed E-state index contributed by atoms with van der Waals surface area (Å²) < 4.78 is 5.63. The van der Waals surface area contributed by atoms with Crippen molar-refractivity contribution in [3.63, 3.8) is 0 Å². The molecular weight excluding hydrogens is 340 g/mol. The SMILES string of the molecule is CCN(CC)C(=O)[C@H](OC(=O)c1ccc2ccccc2n1)c1ccccc1. The number of likely N-dealkylation sites (N-methyl/N-ethyl adjacent to an activating group) is 1. The molecule has 0 fully saturated rings. The van der Waals surface area contributed by atoms with Crippen molar-refractivity contribution in [2.75, 3.05) is 13.1 Å². The fourth-order valence-electron chi connectivity index (χ4n) is 2.94. The van der Waals surface area contributed by atoms with Gasteiger partial charge in [-0.2, -0.15) is 0 Å². The van der Waals surface area contributed by atoms with Gasteiger partial charge in [0.25, 0.3) is 5.91 Å². The van der Waals surface area contributed by atoms with E-state index in [1.807, 2.05) is 62.4 Å². The second-order valence-corrected chi connectivity index (χ2v) is 6.10. The highest BCUT2D eigenvalue weighted by molar-refractivity contribution is 5.93. The largest absolute Gasteiger partial charge is 0.443 e. The molecule has 3 rings (SSSR count). The van der Waals surface area contributed by atoms with Crippen molar-refractivity contribution in [3.05, 3.63) is 78.0 Å². The highest BCUT2D eigenvalue weighted by atomic mass is 16.5. The zero-order valence-corrected chi connectivity index (χ0v) is 15.5. The standard InChI is InChI=1S/C22H22N2O3/c1-3-24(4-2)21(25)20(17-11-6-5-7-12-17)27-22(26)19-15-14-16-10-8-9-13-18(16)23-19/h5-15,20H,3-4H2,1-2H3/t20-/m1/s1. The molecule has 5 nitrogen and oxygen atoms in total. The van der Waals surface area contributed by atoms with Gasteiger partial charge in [-0.3, -0.25) is 4.79 Å². The molecule has 0 aliphatic carbocycles. The third kappa shape index (κ3) is 4.14. The van der Waals surface area contributed by atoms with Crippen LogP contribution in [0.5, 0.6) is 0 Å². The fourth-order valence-corrected chi connectivity index (χ4v) is 2.94. The molecule has 0 unspecified atom stereocenters. The molecule has 0 saturated heterocycles. The first-order valence-electron chi connectivity index (χ1n) is 9.04. The van der Waals surface area contributed by atoms with Crippen molar-refractivity contribution in [1.29, 1.82) is 0 Å². The van der Waals surface area contributed by atoms with Crippen LogP contribution < -0.4 is 0 Å². The topological polar surface area (TPSA) is 59.5 Å². The van der Waals surface area contributed by atoms with Crippen LogP contribution in [0.2, 0.25) is 0 Å². The number of aromatic nitrogens is 1. The summed E-state index contributed by atoms with van der Waals surface area (Å²) in [6, 6.07) is 20.0. The monoisotopic (exact) mass is 362 g/mol. The second kappa shape index (κ2) is 8.45. The first-order valence-corrected chi connectivity index (χ1v) is 9.04. The fraction of sp³-hybridized carbons (Fsp3) is 0.227. The van der Waals surface area contributed by atoms with Gasteiger partial charge in [0, 0.05) is 24.0 Å². The van der Waals surface area contributed by atoms with Crippen molar-refractivity contribution in [2.24, 2.45) is 0 Å². The molecule has 0 radical (unpaired) electrons. The minimum absolute atomic E-state index is 0.182. The van der Waals surface area contributed by atoms with Crippen LogP contribution in [0.25, 0.3) is 10.9 Å². The maximum absolute atomic E-state index is 12.9. The molecule has 0 spiro atoms. The predicted octanol–water partition coefficient (Wildman–Crippen LogP) is 4.00. The van der Waals surface area contributed by atoms with Crippen LogP contribution in [0.3, 0.4) is 0 Å². The molecule has 1 atom stereocenters. The smallest absolute Gasteiger partial charge is 0.358 e. The molecule has 138 valence electrons. The zero-order chi connectivity index (χ0) is 19.2. The van der Waals surface area contributed by atoms with E-state index in [0.717, 1.165) is 5.39 Å². The van der Waals surface area contributed by atoms with E-state index in [1.54, 1.807) is 23.1 Å². The maximum Gasteiger partial charge on any atom is 0.358 e. The Morgan fingerprint density at radius 2 is 1.59 bits per heavy atom. The number of ether oxygens (including phenoxy) is 1. The van der Waals surface area contributed by atoms with Crippen LogP contribution in [-0.4, -0.2) is 34.8 Å². The van der Waals surface area contributed by atoms with Gasteiger partial charge in [0.1, 0.15) is 5.69 Å². The number of para-hydroxylation sites is 1. The van der Waals surface area contributed by atoms with Crippen molar-refractivity contribution >= 4 is 22.8 Å². The number of fused-ring (bicyclic) bond motifs is 1. The average Bonchev–Trinajstić information content (AvgIpc) is 2.72. The summed E-state index contributed by atoms with van der Waals surface area (Å²) in [7, 11) is 0. The van der Waals surface area contributed by atoms with E-state index in [2.05, 4.69) is 4.98 Å². The number of amides is 1. The van der Waals surface area contributed by atoms with Gasteiger partial charge >= 0.3 is 5.97 Å². The molecule has 0 saturated carbocycles. The van der Waals surface area contributed by atoms with E-state index >= 15 is 0 Å². The number of carbonyl (C=O) groups is 2. The quantitative estimate of drug-likeness (QED) is 0.622. The zero-order valence-electron chi connectivity index (χ0n) is 15.5. The summed E-state index contributed by atoms with van der Waals surface area (Å²) >= 11 is 0. The lowest BCUT2D eigenvalue weighted by Gasteiger charge is -2.25. The number of carbonyl (C=O) groups excluding carboxylic acids is 2. The Kier molecular flexibility index (Phi) is 5.81. The number of rotatable bonds is 6. The number of esters is 1. The summed E-state index contributed by atoms with van der Waals surface area (Å²) in [5.41, 5.74) is 1.53. The minimum atomic E-state index is -0.994. The van der Waals surface area contributed by atoms with Crippen molar-refractivity contribution in [3.8, 4) is 0 Å². The normalized spacial score (nSPS) is 11.8. The van der Waals surface area contributed by atoms with Crippen LogP contribution in [0, 0.1) is 0 Å². The molecule has 27 heavy (non-hydrogen) atoms. The molecule has 2 aromatic carbocycles. The van der Waals surface area contributed by atoms with E-state index in [1.165, 1.54) is 0 Å². The number of hydrogen-bond acceptors (Lipinski definition) is 4. The number of pyridine rings is 1. The third-order valence-electron chi connectivity index (χ3n) is 4.43. The van der Waals surface area contributed by atoms with Crippen LogP contribution >= 0.6 is 0 Å². The lowest BCUT2D eigenvalue weighted by molar-refractivity contribution is -0.140. The van der Waals surface area contributed by atoms with Gasteiger partial charge in [-0.25, -0.2) is 9.78 Å². The molecule has 0 bridgehead atoms. The molecule has 0 N–H and O–H groups in total. The number of benzene rings is 2. The summed E-state index contributed by atoms with van der Waals surface area (Å²) in [6.07, 6.45) is -0.994. The Balaban J connectivity index is 1.90. The van der Waals surface area contributed by atoms with Crippen LogP contribution in [-0.2, 0) is 9.53 Å². The molecule has 1 heterocycles. The van der Waals surface area contributed by atoms with Gasteiger partial charge in [-0.15, -0.1) is 0 Å². The highest BCUT2D eigenvalue weighted by Crippen LogP contribution is 2.22. The van der Waals surface area contributed by atoms with Crippen LogP contribution in [0.1, 0.15) is 36.0 Å². The molecule has 1 aromatic heterocycles. The minimum Gasteiger partial charge on any atom is -0.443 e. The highest BCUT2D eigenvalue weighted by Gasteiger charge is 2.29. The molecule has 0 aliphatic heterocycles. The summed E-state index contributed by atoms with van der Waals surface area (Å²) in [6.45, 7) is 4.89. The summed E-state index contributed by atoms with van der Waals surface area (Å²) in [4.78, 5) is 31.7. The van der Waals surface area contributed by atoms with Gasteiger partial charge in [-0.1, -0.05) is 54.6 Å². The second-order valence-electron chi connectivity index (χ2n) is 6.10. The van der Waals surface area contributed by atoms with Crippen molar-refractivity contribution < 1.29 is 14.3 Å². The van der Waals surface area contributed by atoms with Crippen LogP contribution in [0.15, 0.2) is 66.7 Å². The summed E-state index contributed by atoms with van der Waals surface area (Å²) in [5.74, 6) is -0.851. The van der Waals surface area contributed by atoms with Gasteiger partial charge in [0.2, 0.25) is 6.10 Å². The Morgan fingerprint density at radius 1 is 0.926 bits per heavy atom. The molecule has 0 aliphatic rings. The molecule has 3 aromatic rings. The van der Waals surface area contributed by atoms with Gasteiger partial charge < -0.3 is 9.64 Å². The van der Waals surface area contributed by atoms with E-state index in [4.69, 9.17) is 4.74 Å². The average molecular weight is 362 g/mol. The van der Waals surface area contributed by atoms with E-state index in [0.29, 0.717) is 24.2 Å². The first-order chi connectivity index (χ1) is 13.1. The third-order valence-corrected chi connectivity index (χ3v) is 4.43. The molecular formula is C22H22N2O3. The summed E-state index contributed by atoms with van der Waals surface area (Å²) in [5, 5.41) is 0.938. The lowest BCUT2D eigenvalue weighted by atomic mass is 10.1. The van der Waals surface area contributed by atoms with Crippen LogP contribution in [0.4, 0.5) is 0 Å². The maximum atomic E-state index is 12.9. The Hall–Kier alpha value is -3.21. The van der Waals surface area contributed by atoms with E-state index < -0.39 is 12.1 Å². The van der Waals surface area contributed by atoms with E-state index in [-0.39, 0.29) is 11.6 Å². The van der Waals surface area contributed by atoms with Gasteiger partial charge in [0.05, 0.1) is 5.52 Å². The number of hydrogen-bond donors (Lipinski definition) is 0. The van der Waals surface area contributed by atoms with E-state index in [9.17, 15) is 9.59 Å². The molecule has 5 heteroatoms. The first kappa shape index (κ1) is 18.6. The van der Waals surface area contributed by atoms with Crippen molar-refractivity contribution in [1.82, 2.24) is 9.88 Å². The Morgan fingerprint density at radius 3 is 2.30 bits per heavy atom. The van der Waals surface area contributed by atoms with Crippen molar-refractivity contribution in [2.45, 2.75) is 20.0 Å². The Labute approximate surface area is 158 Å². The molecule has 1 amide bonds. The van der Waals surface area contributed by atoms with Gasteiger partial charge in [-0.05, 0) is 26.0 Å².